The lowest BCUT2D eigenvalue weighted by atomic mass is 10.1. The molecular weight excluding hydrogens is 527 g/mol. The van der Waals surface area contributed by atoms with E-state index >= 15 is 0 Å². The first-order valence-electron chi connectivity index (χ1n) is 10.4. The number of carbonyl (C=O) groups excluding carboxylic acids is 1. The fourth-order valence-electron chi connectivity index (χ4n) is 3.25. The molecule has 0 aliphatic carbocycles. The summed E-state index contributed by atoms with van der Waals surface area (Å²) in [5, 5.41) is 12.3. The van der Waals surface area contributed by atoms with Gasteiger partial charge in [-0.2, -0.15) is 5.26 Å². The van der Waals surface area contributed by atoms with Crippen molar-refractivity contribution in [2.75, 3.05) is 12.4 Å². The number of aryl methyl sites for hydroxylation is 3. The zero-order valence-electron chi connectivity index (χ0n) is 19.0. The number of hydrogen-bond acceptors (Lipinski definition) is 4. The molecule has 1 N–H and O–H groups in total. The normalized spacial score (nSPS) is 11.0. The van der Waals surface area contributed by atoms with Crippen molar-refractivity contribution in [3.8, 4) is 17.6 Å². The van der Waals surface area contributed by atoms with Crippen molar-refractivity contribution in [1.82, 2.24) is 0 Å². The molecule has 0 unspecified atom stereocenters. The molecular formula is C27H25IN2O3. The van der Waals surface area contributed by atoms with Gasteiger partial charge in [0.15, 0.2) is 11.5 Å². The summed E-state index contributed by atoms with van der Waals surface area (Å²) in [6.07, 6.45) is 1.54. The van der Waals surface area contributed by atoms with Crippen LogP contribution in [0.15, 0.2) is 60.2 Å². The molecule has 0 bridgehead atoms. The minimum atomic E-state index is -0.466. The molecule has 0 radical (unpaired) electrons. The van der Waals surface area contributed by atoms with Crippen LogP contribution in [0.5, 0.6) is 11.5 Å². The molecule has 33 heavy (non-hydrogen) atoms. The number of nitrogens with zero attached hydrogens (tertiary/aromatic N) is 1. The molecule has 3 aromatic rings. The molecule has 0 spiro atoms. The van der Waals surface area contributed by atoms with E-state index in [0.29, 0.717) is 29.4 Å². The molecule has 1 amide bonds. The van der Waals surface area contributed by atoms with Crippen LogP contribution in [0.3, 0.4) is 0 Å². The van der Waals surface area contributed by atoms with Gasteiger partial charge in [0.2, 0.25) is 0 Å². The maximum absolute atomic E-state index is 12.6. The first kappa shape index (κ1) is 24.3. The number of hydrogen-bond donors (Lipinski definition) is 1. The Kier molecular flexibility index (Phi) is 8.12. The minimum Gasteiger partial charge on any atom is -0.493 e. The van der Waals surface area contributed by atoms with Gasteiger partial charge in [0.25, 0.3) is 5.91 Å². The van der Waals surface area contributed by atoms with Crippen LogP contribution < -0.4 is 14.8 Å². The van der Waals surface area contributed by atoms with Crippen molar-refractivity contribution in [2.24, 2.45) is 0 Å². The number of nitrogens with one attached hydrogen (secondary N) is 1. The second kappa shape index (κ2) is 11.0. The van der Waals surface area contributed by atoms with Gasteiger partial charge >= 0.3 is 0 Å². The number of benzene rings is 3. The first-order chi connectivity index (χ1) is 15.8. The van der Waals surface area contributed by atoms with Gasteiger partial charge in [-0.25, -0.2) is 0 Å². The Balaban J connectivity index is 1.82. The number of carbonyl (C=O) groups is 1. The highest BCUT2D eigenvalue weighted by molar-refractivity contribution is 14.1. The Morgan fingerprint density at radius 1 is 1.09 bits per heavy atom. The first-order valence-corrected chi connectivity index (χ1v) is 11.4. The Labute approximate surface area is 208 Å². The molecule has 0 aliphatic heterocycles. The van der Waals surface area contributed by atoms with E-state index in [0.717, 1.165) is 14.7 Å². The van der Waals surface area contributed by atoms with Gasteiger partial charge in [-0.1, -0.05) is 30.3 Å². The fourth-order valence-corrected chi connectivity index (χ4v) is 4.03. The van der Waals surface area contributed by atoms with Gasteiger partial charge in [-0.3, -0.25) is 4.79 Å². The average molecular weight is 552 g/mol. The Hall–Kier alpha value is -3.31. The third-order valence-electron chi connectivity index (χ3n) is 5.16. The van der Waals surface area contributed by atoms with Gasteiger partial charge in [0.05, 0.1) is 10.7 Å². The van der Waals surface area contributed by atoms with Crippen LogP contribution in [0.2, 0.25) is 0 Å². The quantitative estimate of drug-likeness (QED) is 0.211. The maximum atomic E-state index is 12.6. The van der Waals surface area contributed by atoms with Crippen LogP contribution in [0.4, 0.5) is 5.69 Å². The number of rotatable bonds is 7. The molecule has 0 saturated heterocycles. The van der Waals surface area contributed by atoms with Crippen molar-refractivity contribution in [3.63, 3.8) is 0 Å². The van der Waals surface area contributed by atoms with Gasteiger partial charge in [0, 0.05) is 5.69 Å². The van der Waals surface area contributed by atoms with Crippen LogP contribution in [0, 0.1) is 35.7 Å². The summed E-state index contributed by atoms with van der Waals surface area (Å²) in [4.78, 5) is 12.6. The molecule has 3 rings (SSSR count). The predicted octanol–water partition coefficient (Wildman–Crippen LogP) is 6.35. The molecule has 0 saturated carbocycles. The molecule has 0 heterocycles. The van der Waals surface area contributed by atoms with Crippen molar-refractivity contribution < 1.29 is 14.3 Å². The third kappa shape index (κ3) is 6.36. The number of anilines is 1. The second-order valence-electron chi connectivity index (χ2n) is 7.73. The van der Waals surface area contributed by atoms with Crippen LogP contribution in [-0.2, 0) is 11.4 Å². The maximum Gasteiger partial charge on any atom is 0.266 e. The van der Waals surface area contributed by atoms with E-state index in [1.54, 1.807) is 25.3 Å². The zero-order valence-corrected chi connectivity index (χ0v) is 21.2. The van der Waals surface area contributed by atoms with E-state index in [-0.39, 0.29) is 5.57 Å². The molecule has 0 atom stereocenters. The summed E-state index contributed by atoms with van der Waals surface area (Å²) < 4.78 is 12.4. The number of methoxy groups -OCH3 is 1. The molecule has 0 aromatic heterocycles. The average Bonchev–Trinajstić information content (AvgIpc) is 2.78. The summed E-state index contributed by atoms with van der Waals surface area (Å²) in [6, 6.07) is 19.3. The Morgan fingerprint density at radius 2 is 1.88 bits per heavy atom. The van der Waals surface area contributed by atoms with Crippen molar-refractivity contribution in [2.45, 2.75) is 27.4 Å². The van der Waals surface area contributed by atoms with Gasteiger partial charge in [-0.15, -0.1) is 0 Å². The summed E-state index contributed by atoms with van der Waals surface area (Å²) >= 11 is 2.17. The zero-order chi connectivity index (χ0) is 24.0. The lowest BCUT2D eigenvalue weighted by Crippen LogP contribution is -2.13. The minimum absolute atomic E-state index is 0.00171. The second-order valence-corrected chi connectivity index (χ2v) is 8.90. The Morgan fingerprint density at radius 3 is 2.55 bits per heavy atom. The Bertz CT molecular complexity index is 1260. The highest BCUT2D eigenvalue weighted by Crippen LogP contribution is 2.35. The standard InChI is InChI=1S/C27H25IN2O3/c1-17-6-5-7-23(10-17)30-27(31)22(15-29)12-21-13-24(28)26(25(14-21)32-4)33-16-20-9-8-18(2)19(3)11-20/h5-14H,16H2,1-4H3,(H,30,31)/b22-12+. The highest BCUT2D eigenvalue weighted by atomic mass is 127. The van der Waals surface area contributed by atoms with E-state index in [1.807, 2.05) is 43.3 Å². The van der Waals surface area contributed by atoms with E-state index in [4.69, 9.17) is 9.47 Å². The molecule has 0 aliphatic rings. The van der Waals surface area contributed by atoms with E-state index in [9.17, 15) is 10.1 Å². The van der Waals surface area contributed by atoms with Crippen LogP contribution in [-0.4, -0.2) is 13.0 Å². The monoisotopic (exact) mass is 552 g/mol. The molecule has 3 aromatic carbocycles. The summed E-state index contributed by atoms with van der Waals surface area (Å²) in [5.74, 6) is 0.691. The van der Waals surface area contributed by atoms with Crippen molar-refractivity contribution in [1.29, 1.82) is 5.26 Å². The predicted molar refractivity (Wildman–Crippen MR) is 139 cm³/mol. The van der Waals surface area contributed by atoms with E-state index in [2.05, 4.69) is 53.9 Å². The molecule has 168 valence electrons. The number of ether oxygens (including phenoxy) is 2. The molecule has 0 fully saturated rings. The summed E-state index contributed by atoms with van der Waals surface area (Å²) in [6.45, 7) is 6.50. The number of nitriles is 1. The van der Waals surface area contributed by atoms with Crippen LogP contribution >= 0.6 is 22.6 Å². The fraction of sp³-hybridized carbons (Fsp3) is 0.185. The van der Waals surface area contributed by atoms with E-state index in [1.165, 1.54) is 11.1 Å². The summed E-state index contributed by atoms with van der Waals surface area (Å²) in [5.41, 5.74) is 5.85. The van der Waals surface area contributed by atoms with Crippen LogP contribution in [0.1, 0.15) is 27.8 Å². The lowest BCUT2D eigenvalue weighted by molar-refractivity contribution is -0.112. The smallest absolute Gasteiger partial charge is 0.266 e. The SMILES string of the molecule is COc1cc(/C=C(\C#N)C(=O)Nc2cccc(C)c2)cc(I)c1OCc1ccc(C)c(C)c1. The molecule has 5 nitrogen and oxygen atoms in total. The van der Waals surface area contributed by atoms with Crippen molar-refractivity contribution in [3.05, 3.63) is 91.6 Å². The molecule has 6 heteroatoms. The third-order valence-corrected chi connectivity index (χ3v) is 5.96. The number of halogens is 1. The van der Waals surface area contributed by atoms with E-state index < -0.39 is 5.91 Å². The lowest BCUT2D eigenvalue weighted by Gasteiger charge is -2.14. The van der Waals surface area contributed by atoms with Gasteiger partial charge in [0.1, 0.15) is 18.2 Å². The summed E-state index contributed by atoms with van der Waals surface area (Å²) in [7, 11) is 1.57. The highest BCUT2D eigenvalue weighted by Gasteiger charge is 2.14. The van der Waals surface area contributed by atoms with Crippen molar-refractivity contribution >= 4 is 40.3 Å². The van der Waals surface area contributed by atoms with Crippen LogP contribution in [0.25, 0.3) is 6.08 Å². The van der Waals surface area contributed by atoms with Gasteiger partial charge in [-0.05, 0) is 102 Å². The number of amides is 1. The largest absolute Gasteiger partial charge is 0.493 e. The van der Waals surface area contributed by atoms with Gasteiger partial charge < -0.3 is 14.8 Å². The topological polar surface area (TPSA) is 71.3 Å².